The van der Waals surface area contributed by atoms with Crippen LogP contribution in [0.1, 0.15) is 39.0 Å². The minimum absolute atomic E-state index is 0.433. The third kappa shape index (κ3) is 3.03. The smallest absolute Gasteiger partial charge is 0.225 e. The lowest BCUT2D eigenvalue weighted by Crippen LogP contribution is -2.25. The summed E-state index contributed by atoms with van der Waals surface area (Å²) in [6.45, 7) is 8.86. The van der Waals surface area contributed by atoms with Gasteiger partial charge in [0, 0.05) is 18.0 Å². The summed E-state index contributed by atoms with van der Waals surface area (Å²) >= 11 is 1.75. The molecule has 0 saturated heterocycles. The summed E-state index contributed by atoms with van der Waals surface area (Å²) in [5, 5.41) is 7.79. The average molecular weight is 292 g/mol. The van der Waals surface area contributed by atoms with E-state index in [0.29, 0.717) is 17.9 Å². The standard InChI is InChI=1S/C15H24N4S/c1-6-10-8-11-13(17-12(7-2)9(3)4)18-15(16-5)19-14(11)20-10/h8-9,12H,6-7H2,1-5H3,(H2,16,17,18,19). The number of nitrogens with one attached hydrogen (secondary N) is 2. The van der Waals surface area contributed by atoms with Crippen LogP contribution in [0.25, 0.3) is 10.2 Å². The van der Waals surface area contributed by atoms with Crippen LogP contribution >= 0.6 is 11.3 Å². The van der Waals surface area contributed by atoms with Crippen molar-refractivity contribution < 1.29 is 0 Å². The number of aryl methyl sites for hydroxylation is 1. The van der Waals surface area contributed by atoms with E-state index in [9.17, 15) is 0 Å². The molecule has 4 nitrogen and oxygen atoms in total. The molecule has 1 unspecified atom stereocenters. The molecule has 1 atom stereocenters. The predicted octanol–water partition coefficient (Wildman–Crippen LogP) is 4.14. The van der Waals surface area contributed by atoms with Gasteiger partial charge in [-0.1, -0.05) is 27.7 Å². The molecule has 110 valence electrons. The third-order valence-corrected chi connectivity index (χ3v) is 4.76. The van der Waals surface area contributed by atoms with Crippen molar-refractivity contribution in [2.75, 3.05) is 17.7 Å². The number of rotatable bonds is 6. The highest BCUT2D eigenvalue weighted by atomic mass is 32.1. The van der Waals surface area contributed by atoms with E-state index < -0.39 is 0 Å². The van der Waals surface area contributed by atoms with Crippen molar-refractivity contribution in [1.82, 2.24) is 9.97 Å². The van der Waals surface area contributed by atoms with Crippen molar-refractivity contribution in [3.8, 4) is 0 Å². The van der Waals surface area contributed by atoms with Gasteiger partial charge in [-0.2, -0.15) is 4.98 Å². The van der Waals surface area contributed by atoms with Crippen LogP contribution in [0.4, 0.5) is 11.8 Å². The third-order valence-electron chi connectivity index (χ3n) is 3.58. The molecule has 0 aromatic carbocycles. The van der Waals surface area contributed by atoms with Crippen molar-refractivity contribution >= 4 is 33.3 Å². The van der Waals surface area contributed by atoms with Crippen LogP contribution in [-0.4, -0.2) is 23.1 Å². The van der Waals surface area contributed by atoms with E-state index in [1.807, 2.05) is 7.05 Å². The van der Waals surface area contributed by atoms with Gasteiger partial charge in [0.15, 0.2) is 0 Å². The van der Waals surface area contributed by atoms with Gasteiger partial charge in [0.1, 0.15) is 10.6 Å². The molecule has 2 aromatic heterocycles. The molecule has 0 spiro atoms. The molecule has 0 bridgehead atoms. The van der Waals surface area contributed by atoms with Crippen LogP contribution in [0.2, 0.25) is 0 Å². The SMILES string of the molecule is CCc1cc2c(NC(CC)C(C)C)nc(NC)nc2s1. The summed E-state index contributed by atoms with van der Waals surface area (Å²) in [5.41, 5.74) is 0. The van der Waals surface area contributed by atoms with Gasteiger partial charge in [-0.25, -0.2) is 4.98 Å². The molecule has 0 aliphatic carbocycles. The Hall–Kier alpha value is -1.36. The first kappa shape index (κ1) is 15.0. The molecular weight excluding hydrogens is 268 g/mol. The minimum atomic E-state index is 0.433. The van der Waals surface area contributed by atoms with E-state index in [1.165, 1.54) is 4.88 Å². The number of aromatic nitrogens is 2. The number of nitrogens with zero attached hydrogens (tertiary/aromatic N) is 2. The number of hydrogen-bond acceptors (Lipinski definition) is 5. The quantitative estimate of drug-likeness (QED) is 0.840. The van der Waals surface area contributed by atoms with Crippen molar-refractivity contribution in [2.45, 2.75) is 46.6 Å². The van der Waals surface area contributed by atoms with Crippen LogP contribution < -0.4 is 10.6 Å². The highest BCUT2D eigenvalue weighted by molar-refractivity contribution is 7.18. The fourth-order valence-electron chi connectivity index (χ4n) is 2.28. The molecule has 0 fully saturated rings. The van der Waals surface area contributed by atoms with Gasteiger partial charge in [0.2, 0.25) is 5.95 Å². The first-order valence-electron chi connectivity index (χ1n) is 7.33. The van der Waals surface area contributed by atoms with Crippen molar-refractivity contribution in [2.24, 2.45) is 5.92 Å². The summed E-state index contributed by atoms with van der Waals surface area (Å²) in [6, 6.07) is 2.65. The number of hydrogen-bond donors (Lipinski definition) is 2. The van der Waals surface area contributed by atoms with E-state index in [4.69, 9.17) is 0 Å². The fraction of sp³-hybridized carbons (Fsp3) is 0.600. The molecule has 2 aromatic rings. The van der Waals surface area contributed by atoms with E-state index >= 15 is 0 Å². The van der Waals surface area contributed by atoms with Crippen molar-refractivity contribution in [3.05, 3.63) is 10.9 Å². The monoisotopic (exact) mass is 292 g/mol. The van der Waals surface area contributed by atoms with Gasteiger partial charge < -0.3 is 10.6 Å². The Bertz CT molecular complexity index is 577. The molecule has 0 radical (unpaired) electrons. The second-order valence-electron chi connectivity index (χ2n) is 5.33. The summed E-state index contributed by atoms with van der Waals surface area (Å²) in [4.78, 5) is 11.6. The van der Waals surface area contributed by atoms with Crippen molar-refractivity contribution in [3.63, 3.8) is 0 Å². The Morgan fingerprint density at radius 2 is 2.00 bits per heavy atom. The maximum absolute atomic E-state index is 4.61. The zero-order valence-corrected chi connectivity index (χ0v) is 13.8. The van der Waals surface area contributed by atoms with Crippen molar-refractivity contribution in [1.29, 1.82) is 0 Å². The molecule has 0 aliphatic rings. The first-order chi connectivity index (χ1) is 9.58. The Morgan fingerprint density at radius 1 is 1.25 bits per heavy atom. The molecule has 0 amide bonds. The molecule has 2 heterocycles. The maximum atomic E-state index is 4.61. The lowest BCUT2D eigenvalue weighted by atomic mass is 10.0. The van der Waals surface area contributed by atoms with E-state index in [0.717, 1.165) is 28.9 Å². The van der Waals surface area contributed by atoms with E-state index in [2.05, 4.69) is 54.4 Å². The maximum Gasteiger partial charge on any atom is 0.225 e. The minimum Gasteiger partial charge on any atom is -0.366 e. The molecule has 0 aliphatic heterocycles. The zero-order chi connectivity index (χ0) is 14.7. The largest absolute Gasteiger partial charge is 0.366 e. The molecular formula is C15H24N4S. The second kappa shape index (κ2) is 6.39. The summed E-state index contributed by atoms with van der Waals surface area (Å²) < 4.78 is 0. The second-order valence-corrected chi connectivity index (χ2v) is 6.45. The highest BCUT2D eigenvalue weighted by Gasteiger charge is 2.16. The Labute approximate surface area is 125 Å². The van der Waals surface area contributed by atoms with Gasteiger partial charge in [-0.3, -0.25) is 0 Å². The topological polar surface area (TPSA) is 49.8 Å². The van der Waals surface area contributed by atoms with Gasteiger partial charge in [0.25, 0.3) is 0 Å². The molecule has 2 rings (SSSR count). The summed E-state index contributed by atoms with van der Waals surface area (Å²) in [5.74, 6) is 2.21. The van der Waals surface area contributed by atoms with E-state index in [1.54, 1.807) is 11.3 Å². The fourth-order valence-corrected chi connectivity index (χ4v) is 3.25. The van der Waals surface area contributed by atoms with E-state index in [-0.39, 0.29) is 0 Å². The van der Waals surface area contributed by atoms with Gasteiger partial charge in [-0.05, 0) is 24.8 Å². The first-order valence-corrected chi connectivity index (χ1v) is 8.15. The average Bonchev–Trinajstić information content (AvgIpc) is 2.86. The van der Waals surface area contributed by atoms with Gasteiger partial charge in [0.05, 0.1) is 5.39 Å². The highest BCUT2D eigenvalue weighted by Crippen LogP contribution is 2.31. The molecule has 20 heavy (non-hydrogen) atoms. The lowest BCUT2D eigenvalue weighted by Gasteiger charge is -2.21. The Kier molecular flexibility index (Phi) is 4.81. The Morgan fingerprint density at radius 3 is 2.55 bits per heavy atom. The molecule has 5 heteroatoms. The predicted molar refractivity (Wildman–Crippen MR) is 88.9 cm³/mol. The van der Waals surface area contributed by atoms with Crippen LogP contribution in [-0.2, 0) is 6.42 Å². The van der Waals surface area contributed by atoms with Crippen LogP contribution in [0.15, 0.2) is 6.07 Å². The van der Waals surface area contributed by atoms with Crippen LogP contribution in [0.3, 0.4) is 0 Å². The van der Waals surface area contributed by atoms with Gasteiger partial charge in [-0.15, -0.1) is 11.3 Å². The number of fused-ring (bicyclic) bond motifs is 1. The number of thiophene rings is 1. The number of anilines is 2. The zero-order valence-electron chi connectivity index (χ0n) is 12.9. The summed E-state index contributed by atoms with van der Waals surface area (Å²) in [7, 11) is 1.86. The van der Waals surface area contributed by atoms with Crippen LogP contribution in [0.5, 0.6) is 0 Å². The Balaban J connectivity index is 2.46. The molecule has 0 saturated carbocycles. The van der Waals surface area contributed by atoms with Gasteiger partial charge >= 0.3 is 0 Å². The molecule has 2 N–H and O–H groups in total. The lowest BCUT2D eigenvalue weighted by molar-refractivity contribution is 0.510. The summed E-state index contributed by atoms with van der Waals surface area (Å²) in [6.07, 6.45) is 2.12. The normalized spacial score (nSPS) is 12.9. The van der Waals surface area contributed by atoms with Crippen LogP contribution in [0, 0.1) is 5.92 Å².